The number of aryl methyl sites for hydroxylation is 1. The van der Waals surface area contributed by atoms with Gasteiger partial charge in [-0.1, -0.05) is 17.7 Å². The number of anilines is 1. The number of hydrogen-bond acceptors (Lipinski definition) is 4. The molecule has 0 spiro atoms. The highest BCUT2D eigenvalue weighted by Crippen LogP contribution is 2.16. The van der Waals surface area contributed by atoms with Crippen molar-refractivity contribution in [2.75, 3.05) is 18.2 Å². The lowest BCUT2D eigenvalue weighted by Gasteiger charge is -2.16. The summed E-state index contributed by atoms with van der Waals surface area (Å²) < 4.78 is 5.22. The van der Waals surface area contributed by atoms with Crippen LogP contribution in [0.25, 0.3) is 0 Å². The molecule has 0 N–H and O–H groups in total. The Morgan fingerprint density at radius 2 is 1.82 bits per heavy atom. The van der Waals surface area contributed by atoms with Gasteiger partial charge in [-0.2, -0.15) is 10.4 Å². The normalized spacial score (nSPS) is 10.4. The Hall–Kier alpha value is -2.80. The summed E-state index contributed by atoms with van der Waals surface area (Å²) in [5.41, 5.74) is 3.28. The number of benzene rings is 2. The quantitative estimate of drug-likeness (QED) is 0.602. The summed E-state index contributed by atoms with van der Waals surface area (Å²) >= 11 is 0. The molecule has 2 aromatic rings. The Labute approximate surface area is 131 Å². The highest BCUT2D eigenvalue weighted by atomic mass is 16.5. The third kappa shape index (κ3) is 4.35. The van der Waals surface area contributed by atoms with E-state index in [4.69, 9.17) is 10.00 Å². The largest absolute Gasteiger partial charge is 0.479 e. The van der Waals surface area contributed by atoms with Crippen LogP contribution in [0.2, 0.25) is 0 Å². The van der Waals surface area contributed by atoms with Crippen molar-refractivity contribution in [3.8, 4) is 11.8 Å². The van der Waals surface area contributed by atoms with Crippen LogP contribution in [0.5, 0.6) is 5.75 Å². The fraction of sp³-hybridized carbons (Fsp3) is 0.222. The zero-order valence-corrected chi connectivity index (χ0v) is 12.9. The van der Waals surface area contributed by atoms with Gasteiger partial charge in [-0.05, 0) is 55.8 Å². The van der Waals surface area contributed by atoms with E-state index in [9.17, 15) is 0 Å². The molecule has 0 unspecified atom stereocenters. The van der Waals surface area contributed by atoms with Gasteiger partial charge in [-0.25, -0.2) is 0 Å². The van der Waals surface area contributed by atoms with Crippen molar-refractivity contribution < 1.29 is 4.74 Å². The first-order valence-electron chi connectivity index (χ1n) is 7.21. The minimum absolute atomic E-state index is 0.0600. The van der Waals surface area contributed by atoms with Crippen molar-refractivity contribution in [1.82, 2.24) is 0 Å². The highest BCUT2D eigenvalue weighted by molar-refractivity contribution is 5.80. The van der Waals surface area contributed by atoms with Crippen molar-refractivity contribution in [2.24, 2.45) is 5.10 Å². The predicted octanol–water partition coefficient (Wildman–Crippen LogP) is 3.76. The van der Waals surface area contributed by atoms with Gasteiger partial charge in [0.1, 0.15) is 11.8 Å². The molecule has 4 nitrogen and oxygen atoms in total. The number of nitrogens with zero attached hydrogens (tertiary/aromatic N) is 3. The summed E-state index contributed by atoms with van der Waals surface area (Å²) in [4.78, 5) is 0. The molecule has 0 heterocycles. The van der Waals surface area contributed by atoms with E-state index >= 15 is 0 Å². The third-order valence-electron chi connectivity index (χ3n) is 3.16. The van der Waals surface area contributed by atoms with Gasteiger partial charge in [0.05, 0.1) is 11.9 Å². The van der Waals surface area contributed by atoms with E-state index in [2.05, 4.69) is 43.2 Å². The van der Waals surface area contributed by atoms with E-state index in [1.54, 1.807) is 0 Å². The molecule has 2 rings (SSSR count). The third-order valence-corrected chi connectivity index (χ3v) is 3.16. The van der Waals surface area contributed by atoms with Gasteiger partial charge in [-0.3, -0.25) is 5.01 Å². The molecule has 0 aliphatic heterocycles. The second kappa shape index (κ2) is 7.84. The van der Waals surface area contributed by atoms with Gasteiger partial charge in [0.2, 0.25) is 0 Å². The molecule has 0 aromatic heterocycles. The van der Waals surface area contributed by atoms with Crippen molar-refractivity contribution in [3.63, 3.8) is 0 Å². The molecular formula is C18H19N3O. The fourth-order valence-electron chi connectivity index (χ4n) is 1.95. The van der Waals surface area contributed by atoms with Crippen molar-refractivity contribution in [2.45, 2.75) is 13.8 Å². The maximum Gasteiger partial charge on any atom is 0.174 e. The number of hydrazone groups is 1. The van der Waals surface area contributed by atoms with Crippen LogP contribution in [-0.2, 0) is 0 Å². The second-order valence-corrected chi connectivity index (χ2v) is 4.81. The van der Waals surface area contributed by atoms with Crippen molar-refractivity contribution in [3.05, 3.63) is 59.7 Å². The Bertz CT molecular complexity index is 654. The van der Waals surface area contributed by atoms with Crippen LogP contribution < -0.4 is 9.75 Å². The fourth-order valence-corrected chi connectivity index (χ4v) is 1.95. The smallest absolute Gasteiger partial charge is 0.174 e. The Morgan fingerprint density at radius 1 is 1.14 bits per heavy atom. The first kappa shape index (κ1) is 15.6. The minimum atomic E-state index is 0.0600. The zero-order chi connectivity index (χ0) is 15.8. The van der Waals surface area contributed by atoms with E-state index in [1.807, 2.05) is 41.6 Å². The van der Waals surface area contributed by atoms with E-state index < -0.39 is 0 Å². The molecule has 0 fully saturated rings. The van der Waals surface area contributed by atoms with Gasteiger partial charge in [0.25, 0.3) is 0 Å². The average Bonchev–Trinajstić information content (AvgIpc) is 2.56. The van der Waals surface area contributed by atoms with Gasteiger partial charge >= 0.3 is 0 Å². The maximum atomic E-state index is 8.48. The predicted molar refractivity (Wildman–Crippen MR) is 89.3 cm³/mol. The van der Waals surface area contributed by atoms with Crippen LogP contribution >= 0.6 is 0 Å². The minimum Gasteiger partial charge on any atom is -0.479 e. The molecule has 0 saturated carbocycles. The van der Waals surface area contributed by atoms with E-state index in [1.165, 1.54) is 5.56 Å². The standard InChI is InChI=1S/C18H19N3O/c1-3-21(17-8-4-15(2)5-9-17)20-14-16-6-10-18(11-7-16)22-13-12-19/h4-11,14H,3,13H2,1-2H3/b20-14-. The van der Waals surface area contributed by atoms with Crippen LogP contribution in [0.3, 0.4) is 0 Å². The van der Waals surface area contributed by atoms with Gasteiger partial charge in [0, 0.05) is 6.54 Å². The first-order chi connectivity index (χ1) is 10.7. The summed E-state index contributed by atoms with van der Waals surface area (Å²) in [6.45, 7) is 4.99. The summed E-state index contributed by atoms with van der Waals surface area (Å²) in [6, 6.07) is 17.7. The van der Waals surface area contributed by atoms with Crippen molar-refractivity contribution in [1.29, 1.82) is 5.26 Å². The zero-order valence-electron chi connectivity index (χ0n) is 12.9. The lowest BCUT2D eigenvalue weighted by Crippen LogP contribution is -2.15. The van der Waals surface area contributed by atoms with E-state index in [0.717, 1.165) is 17.8 Å². The van der Waals surface area contributed by atoms with Crippen LogP contribution in [0.15, 0.2) is 53.6 Å². The molecule has 0 saturated heterocycles. The Kier molecular flexibility index (Phi) is 5.56. The molecule has 22 heavy (non-hydrogen) atoms. The lowest BCUT2D eigenvalue weighted by atomic mass is 10.2. The molecule has 0 atom stereocenters. The number of hydrogen-bond donors (Lipinski definition) is 0. The number of nitriles is 1. The van der Waals surface area contributed by atoms with Gasteiger partial charge in [-0.15, -0.1) is 0 Å². The van der Waals surface area contributed by atoms with Crippen LogP contribution in [0.1, 0.15) is 18.1 Å². The molecule has 0 radical (unpaired) electrons. The van der Waals surface area contributed by atoms with E-state index in [0.29, 0.717) is 5.75 Å². The average molecular weight is 293 g/mol. The Balaban J connectivity index is 2.05. The molecular weight excluding hydrogens is 274 g/mol. The van der Waals surface area contributed by atoms with Crippen LogP contribution in [-0.4, -0.2) is 19.4 Å². The number of rotatable bonds is 6. The first-order valence-corrected chi connectivity index (χ1v) is 7.21. The van der Waals surface area contributed by atoms with Crippen LogP contribution in [0, 0.1) is 18.3 Å². The molecule has 112 valence electrons. The molecule has 2 aromatic carbocycles. The molecule has 0 bridgehead atoms. The lowest BCUT2D eigenvalue weighted by molar-refractivity contribution is 0.368. The van der Waals surface area contributed by atoms with Crippen molar-refractivity contribution >= 4 is 11.9 Å². The molecule has 4 heteroatoms. The SMILES string of the molecule is CCN(/N=C\c1ccc(OCC#N)cc1)c1ccc(C)cc1. The van der Waals surface area contributed by atoms with Gasteiger partial charge < -0.3 is 4.74 Å². The van der Waals surface area contributed by atoms with Crippen LogP contribution in [0.4, 0.5) is 5.69 Å². The number of ether oxygens (including phenoxy) is 1. The summed E-state index contributed by atoms with van der Waals surface area (Å²) in [7, 11) is 0. The highest BCUT2D eigenvalue weighted by Gasteiger charge is 2.01. The Morgan fingerprint density at radius 3 is 2.41 bits per heavy atom. The second-order valence-electron chi connectivity index (χ2n) is 4.81. The molecule has 0 aliphatic carbocycles. The summed E-state index contributed by atoms with van der Waals surface area (Å²) in [5, 5.41) is 14.9. The summed E-state index contributed by atoms with van der Waals surface area (Å²) in [5.74, 6) is 0.685. The molecule has 0 amide bonds. The maximum absolute atomic E-state index is 8.48. The molecule has 0 aliphatic rings. The van der Waals surface area contributed by atoms with E-state index in [-0.39, 0.29) is 6.61 Å². The monoisotopic (exact) mass is 293 g/mol. The topological polar surface area (TPSA) is 48.6 Å². The summed E-state index contributed by atoms with van der Waals surface area (Å²) in [6.07, 6.45) is 1.82. The van der Waals surface area contributed by atoms with Gasteiger partial charge in [0.15, 0.2) is 6.61 Å².